The van der Waals surface area contributed by atoms with Crippen LogP contribution in [0.2, 0.25) is 5.02 Å². The molecule has 0 aliphatic heterocycles. The molecular formula is C14H21ClN2O2. The Labute approximate surface area is 119 Å². The van der Waals surface area contributed by atoms with E-state index in [1.54, 1.807) is 6.07 Å². The van der Waals surface area contributed by atoms with Crippen LogP contribution in [0.15, 0.2) is 18.2 Å². The molecule has 0 saturated carbocycles. The number of hydrogen-bond donors (Lipinski definition) is 2. The number of aliphatic hydroxyl groups is 1. The summed E-state index contributed by atoms with van der Waals surface area (Å²) in [6, 6.07) is 5.45. The second-order valence-electron chi connectivity index (χ2n) is 4.41. The van der Waals surface area contributed by atoms with Gasteiger partial charge in [0, 0.05) is 23.9 Å². The molecule has 0 spiro atoms. The molecule has 0 aromatic heterocycles. The van der Waals surface area contributed by atoms with Gasteiger partial charge in [-0.2, -0.15) is 0 Å². The number of nitrogens with one attached hydrogen (secondary N) is 1. The van der Waals surface area contributed by atoms with Crippen molar-refractivity contribution in [1.82, 2.24) is 4.90 Å². The van der Waals surface area contributed by atoms with E-state index >= 15 is 0 Å². The van der Waals surface area contributed by atoms with Crippen molar-refractivity contribution >= 4 is 23.2 Å². The minimum absolute atomic E-state index is 0.0647. The van der Waals surface area contributed by atoms with Gasteiger partial charge in [0.25, 0.3) is 0 Å². The van der Waals surface area contributed by atoms with E-state index in [0.717, 1.165) is 24.3 Å². The summed E-state index contributed by atoms with van der Waals surface area (Å²) >= 11 is 6.01. The summed E-state index contributed by atoms with van der Waals surface area (Å²) < 4.78 is 0. The van der Waals surface area contributed by atoms with Crippen molar-refractivity contribution in [2.24, 2.45) is 0 Å². The maximum absolute atomic E-state index is 12.0. The molecule has 1 aromatic rings. The average molecular weight is 285 g/mol. The van der Waals surface area contributed by atoms with Crippen molar-refractivity contribution < 1.29 is 9.90 Å². The zero-order valence-corrected chi connectivity index (χ0v) is 12.2. The quantitative estimate of drug-likeness (QED) is 0.808. The van der Waals surface area contributed by atoms with Gasteiger partial charge in [-0.25, -0.2) is 0 Å². The summed E-state index contributed by atoms with van der Waals surface area (Å²) in [7, 11) is 0. The van der Waals surface area contributed by atoms with Gasteiger partial charge in [-0.05, 0) is 37.6 Å². The second-order valence-corrected chi connectivity index (χ2v) is 4.81. The molecule has 0 aliphatic rings. The standard InChI is InChI=1S/C14H21ClN2O2/c1-3-17(8-5-9-18)10-14(19)16-13-7-4-6-12(15)11(13)2/h4,6-7,18H,3,5,8-10H2,1-2H3,(H,16,19). The van der Waals surface area contributed by atoms with Crippen molar-refractivity contribution in [3.8, 4) is 0 Å². The summed E-state index contributed by atoms with van der Waals surface area (Å²) in [6.07, 6.45) is 0.678. The maximum Gasteiger partial charge on any atom is 0.238 e. The molecule has 1 aromatic carbocycles. The molecule has 1 amide bonds. The van der Waals surface area contributed by atoms with Crippen molar-refractivity contribution in [3.05, 3.63) is 28.8 Å². The molecule has 2 N–H and O–H groups in total. The van der Waals surface area contributed by atoms with Crippen molar-refractivity contribution in [2.75, 3.05) is 31.6 Å². The van der Waals surface area contributed by atoms with Gasteiger partial charge in [0.1, 0.15) is 0 Å². The fourth-order valence-electron chi connectivity index (χ4n) is 1.78. The highest BCUT2D eigenvalue weighted by molar-refractivity contribution is 6.31. The highest BCUT2D eigenvalue weighted by Gasteiger charge is 2.10. The number of halogens is 1. The number of amides is 1. The Bertz CT molecular complexity index is 424. The van der Waals surface area contributed by atoms with Crippen LogP contribution in [-0.4, -0.2) is 42.2 Å². The number of benzene rings is 1. The van der Waals surface area contributed by atoms with Crippen molar-refractivity contribution in [3.63, 3.8) is 0 Å². The number of aliphatic hydroxyl groups excluding tert-OH is 1. The summed E-state index contributed by atoms with van der Waals surface area (Å²) in [5, 5.41) is 12.3. The summed E-state index contributed by atoms with van der Waals surface area (Å²) in [5.74, 6) is -0.0647. The molecule has 0 fully saturated rings. The van der Waals surface area contributed by atoms with E-state index in [2.05, 4.69) is 5.32 Å². The largest absolute Gasteiger partial charge is 0.396 e. The van der Waals surface area contributed by atoms with E-state index in [-0.39, 0.29) is 12.5 Å². The van der Waals surface area contributed by atoms with E-state index < -0.39 is 0 Å². The fraction of sp³-hybridized carbons (Fsp3) is 0.500. The summed E-state index contributed by atoms with van der Waals surface area (Å²) in [6.45, 7) is 5.83. The number of anilines is 1. The third-order valence-corrected chi connectivity index (χ3v) is 3.40. The topological polar surface area (TPSA) is 52.6 Å². The molecule has 0 atom stereocenters. The van der Waals surface area contributed by atoms with E-state index in [9.17, 15) is 4.79 Å². The minimum Gasteiger partial charge on any atom is -0.396 e. The van der Waals surface area contributed by atoms with Gasteiger partial charge in [-0.15, -0.1) is 0 Å². The highest BCUT2D eigenvalue weighted by atomic mass is 35.5. The van der Waals surface area contributed by atoms with E-state index in [0.29, 0.717) is 18.0 Å². The van der Waals surface area contributed by atoms with Crippen LogP contribution in [0.3, 0.4) is 0 Å². The zero-order chi connectivity index (χ0) is 14.3. The van der Waals surface area contributed by atoms with E-state index in [4.69, 9.17) is 16.7 Å². The van der Waals surface area contributed by atoms with Crippen LogP contribution in [0.4, 0.5) is 5.69 Å². The van der Waals surface area contributed by atoms with Gasteiger partial charge in [-0.1, -0.05) is 24.6 Å². The third kappa shape index (κ3) is 5.19. The normalized spacial score (nSPS) is 10.8. The molecule has 0 saturated heterocycles. The van der Waals surface area contributed by atoms with E-state index in [1.807, 2.05) is 30.9 Å². The molecule has 106 valence electrons. The second kappa shape index (κ2) is 8.15. The van der Waals surface area contributed by atoms with Crippen LogP contribution in [-0.2, 0) is 4.79 Å². The monoisotopic (exact) mass is 284 g/mol. The Morgan fingerprint density at radius 1 is 1.47 bits per heavy atom. The Balaban J connectivity index is 2.56. The molecule has 0 aliphatic carbocycles. The van der Waals surface area contributed by atoms with Crippen molar-refractivity contribution in [1.29, 1.82) is 0 Å². The molecule has 0 unspecified atom stereocenters. The fourth-order valence-corrected chi connectivity index (χ4v) is 1.95. The van der Waals surface area contributed by atoms with Gasteiger partial charge in [0.2, 0.25) is 5.91 Å². The van der Waals surface area contributed by atoms with Crippen LogP contribution in [0.1, 0.15) is 18.9 Å². The number of likely N-dealkylation sites (N-methyl/N-ethyl adjacent to an activating group) is 1. The Morgan fingerprint density at radius 2 is 2.21 bits per heavy atom. The van der Waals surface area contributed by atoms with E-state index in [1.165, 1.54) is 0 Å². The first-order valence-corrected chi connectivity index (χ1v) is 6.84. The first-order valence-electron chi connectivity index (χ1n) is 6.46. The molecule has 0 heterocycles. The minimum atomic E-state index is -0.0647. The number of carbonyl (C=O) groups excluding carboxylic acids is 1. The first kappa shape index (κ1) is 16.0. The number of rotatable bonds is 7. The molecule has 19 heavy (non-hydrogen) atoms. The third-order valence-electron chi connectivity index (χ3n) is 2.99. The van der Waals surface area contributed by atoms with Gasteiger partial charge in [-0.3, -0.25) is 9.69 Å². The zero-order valence-electron chi connectivity index (χ0n) is 11.4. The van der Waals surface area contributed by atoms with Gasteiger partial charge in [0.05, 0.1) is 6.54 Å². The number of carbonyl (C=O) groups is 1. The van der Waals surface area contributed by atoms with Crippen molar-refractivity contribution in [2.45, 2.75) is 20.3 Å². The van der Waals surface area contributed by atoms with Gasteiger partial charge >= 0.3 is 0 Å². The Hall–Kier alpha value is -1.10. The molecule has 5 heteroatoms. The molecule has 1 rings (SSSR count). The summed E-state index contributed by atoms with van der Waals surface area (Å²) in [4.78, 5) is 13.9. The predicted molar refractivity (Wildman–Crippen MR) is 78.6 cm³/mol. The average Bonchev–Trinajstić information content (AvgIpc) is 2.40. The summed E-state index contributed by atoms with van der Waals surface area (Å²) in [5.41, 5.74) is 1.62. The van der Waals surface area contributed by atoms with Gasteiger partial charge in [0.15, 0.2) is 0 Å². The SMILES string of the molecule is CCN(CCCO)CC(=O)Nc1cccc(Cl)c1C. The number of hydrogen-bond acceptors (Lipinski definition) is 3. The van der Waals surface area contributed by atoms with Crippen LogP contribution in [0, 0.1) is 6.92 Å². The van der Waals surface area contributed by atoms with Gasteiger partial charge < -0.3 is 10.4 Å². The lowest BCUT2D eigenvalue weighted by Gasteiger charge is -2.19. The molecular weight excluding hydrogens is 264 g/mol. The highest BCUT2D eigenvalue weighted by Crippen LogP contribution is 2.22. The Kier molecular flexibility index (Phi) is 6.84. The number of nitrogens with zero attached hydrogens (tertiary/aromatic N) is 1. The lowest BCUT2D eigenvalue weighted by Crippen LogP contribution is -2.34. The molecule has 4 nitrogen and oxygen atoms in total. The predicted octanol–water partition coefficient (Wildman–Crippen LogP) is 2.29. The van der Waals surface area contributed by atoms with Crippen LogP contribution in [0.25, 0.3) is 0 Å². The molecule has 0 radical (unpaired) electrons. The maximum atomic E-state index is 12.0. The lowest BCUT2D eigenvalue weighted by atomic mass is 10.2. The lowest BCUT2D eigenvalue weighted by molar-refractivity contribution is -0.117. The van der Waals surface area contributed by atoms with Crippen LogP contribution < -0.4 is 5.32 Å². The smallest absolute Gasteiger partial charge is 0.238 e. The Morgan fingerprint density at radius 3 is 2.84 bits per heavy atom. The van der Waals surface area contributed by atoms with Crippen LogP contribution in [0.5, 0.6) is 0 Å². The van der Waals surface area contributed by atoms with Crippen LogP contribution >= 0.6 is 11.6 Å². The molecule has 0 bridgehead atoms. The first-order chi connectivity index (χ1) is 9.08.